The summed E-state index contributed by atoms with van der Waals surface area (Å²) in [7, 11) is 0. The zero-order valence-electron chi connectivity index (χ0n) is 8.34. The molecule has 2 N–H and O–H groups in total. The fourth-order valence-corrected chi connectivity index (χ4v) is 1.23. The number of rotatable bonds is 0. The zero-order chi connectivity index (χ0) is 9.56. The average Bonchev–Trinajstić information content (AvgIpc) is 2.09. The minimum atomic E-state index is -0.271. The molecule has 0 aliphatic carbocycles. The normalized spacial score (nSPS) is 18.1. The molecule has 0 bridgehead atoms. The Labute approximate surface area is 74.9 Å². The van der Waals surface area contributed by atoms with Gasteiger partial charge in [0, 0.05) is 13.1 Å². The van der Waals surface area contributed by atoms with Gasteiger partial charge in [0.05, 0.1) is 0 Å². The van der Waals surface area contributed by atoms with E-state index < -0.39 is 0 Å². The van der Waals surface area contributed by atoms with Gasteiger partial charge < -0.3 is 10.6 Å². The smallest absolute Gasteiger partial charge is 0.314 e. The molecule has 0 spiro atoms. The molecule has 1 rings (SSSR count). The molecule has 72 valence electrons. The average molecular weight is 172 g/mol. The number of nitrogens with two attached hydrogens (primary N) is 1. The highest BCUT2D eigenvalue weighted by atomic mass is 16.2. The molecule has 1 fully saturated rings. The van der Waals surface area contributed by atoms with Crippen LogP contribution >= 0.6 is 0 Å². The second kappa shape index (κ2) is 5.86. The van der Waals surface area contributed by atoms with Gasteiger partial charge in [0.2, 0.25) is 0 Å². The Morgan fingerprint density at radius 2 is 1.75 bits per heavy atom. The van der Waals surface area contributed by atoms with Gasteiger partial charge in [-0.05, 0) is 18.8 Å². The molecule has 3 nitrogen and oxygen atoms in total. The van der Waals surface area contributed by atoms with Crippen molar-refractivity contribution in [3.63, 3.8) is 0 Å². The standard InChI is InChI=1S/C7H14N2O.C2H6/c1-6-2-4-9(5-3-6)7(8)10;1-2/h6H,2-5H2,1H3,(H2,8,10);1-2H3. The summed E-state index contributed by atoms with van der Waals surface area (Å²) in [5, 5.41) is 0. The van der Waals surface area contributed by atoms with Gasteiger partial charge in [0.1, 0.15) is 0 Å². The van der Waals surface area contributed by atoms with Crippen LogP contribution in [0.2, 0.25) is 0 Å². The number of nitrogens with zero attached hydrogens (tertiary/aromatic N) is 1. The lowest BCUT2D eigenvalue weighted by molar-refractivity contribution is 0.183. The Morgan fingerprint density at radius 3 is 2.08 bits per heavy atom. The van der Waals surface area contributed by atoms with E-state index in [1.165, 1.54) is 0 Å². The summed E-state index contributed by atoms with van der Waals surface area (Å²) in [6, 6.07) is -0.271. The quantitative estimate of drug-likeness (QED) is 0.595. The number of urea groups is 1. The van der Waals surface area contributed by atoms with Crippen LogP contribution in [0.15, 0.2) is 0 Å². The van der Waals surface area contributed by atoms with Crippen molar-refractivity contribution >= 4 is 6.03 Å². The van der Waals surface area contributed by atoms with Crippen molar-refractivity contribution in [1.29, 1.82) is 0 Å². The highest BCUT2D eigenvalue weighted by Crippen LogP contribution is 2.14. The maximum atomic E-state index is 10.6. The van der Waals surface area contributed by atoms with Gasteiger partial charge in [-0.3, -0.25) is 0 Å². The van der Waals surface area contributed by atoms with Crippen molar-refractivity contribution in [2.24, 2.45) is 11.7 Å². The van der Waals surface area contributed by atoms with E-state index in [2.05, 4.69) is 6.92 Å². The van der Waals surface area contributed by atoms with Crippen LogP contribution in [-0.4, -0.2) is 24.0 Å². The van der Waals surface area contributed by atoms with Crippen molar-refractivity contribution in [2.75, 3.05) is 13.1 Å². The van der Waals surface area contributed by atoms with E-state index in [1.807, 2.05) is 13.8 Å². The third-order valence-corrected chi connectivity index (χ3v) is 2.10. The monoisotopic (exact) mass is 172 g/mol. The summed E-state index contributed by atoms with van der Waals surface area (Å²) in [4.78, 5) is 12.3. The van der Waals surface area contributed by atoms with Gasteiger partial charge in [0.15, 0.2) is 0 Å². The van der Waals surface area contributed by atoms with Gasteiger partial charge >= 0.3 is 6.03 Å². The Balaban J connectivity index is 0.000000561. The van der Waals surface area contributed by atoms with Crippen molar-refractivity contribution < 1.29 is 4.79 Å². The fraction of sp³-hybridized carbons (Fsp3) is 0.889. The third-order valence-electron chi connectivity index (χ3n) is 2.10. The van der Waals surface area contributed by atoms with E-state index in [4.69, 9.17) is 5.73 Å². The molecule has 1 aliphatic rings. The molecule has 12 heavy (non-hydrogen) atoms. The van der Waals surface area contributed by atoms with Gasteiger partial charge in [-0.15, -0.1) is 0 Å². The number of hydrogen-bond donors (Lipinski definition) is 1. The van der Waals surface area contributed by atoms with E-state index in [0.29, 0.717) is 0 Å². The molecule has 1 heterocycles. The number of hydrogen-bond acceptors (Lipinski definition) is 1. The Bertz CT molecular complexity index is 128. The first-order chi connectivity index (χ1) is 5.70. The van der Waals surface area contributed by atoms with Crippen molar-refractivity contribution in [2.45, 2.75) is 33.6 Å². The SMILES string of the molecule is CC.CC1CCN(C(N)=O)CC1. The summed E-state index contributed by atoms with van der Waals surface area (Å²) < 4.78 is 0. The minimum absolute atomic E-state index is 0.271. The van der Waals surface area contributed by atoms with Crippen LogP contribution in [-0.2, 0) is 0 Å². The lowest BCUT2D eigenvalue weighted by Gasteiger charge is -2.28. The van der Waals surface area contributed by atoms with E-state index >= 15 is 0 Å². The Morgan fingerprint density at radius 1 is 1.33 bits per heavy atom. The van der Waals surface area contributed by atoms with Gasteiger partial charge in [-0.2, -0.15) is 0 Å². The fourth-order valence-electron chi connectivity index (χ4n) is 1.23. The molecule has 0 unspecified atom stereocenters. The van der Waals surface area contributed by atoms with Crippen LogP contribution in [0.5, 0.6) is 0 Å². The number of primary amides is 1. The molecule has 0 radical (unpaired) electrons. The lowest BCUT2D eigenvalue weighted by Crippen LogP contribution is -2.41. The van der Waals surface area contributed by atoms with E-state index in [0.717, 1.165) is 31.8 Å². The summed E-state index contributed by atoms with van der Waals surface area (Å²) in [6.45, 7) is 7.89. The molecule has 2 amide bonds. The minimum Gasteiger partial charge on any atom is -0.351 e. The first-order valence-electron chi connectivity index (χ1n) is 4.74. The number of piperidine rings is 1. The molecule has 1 aliphatic heterocycles. The molecule has 0 saturated carbocycles. The van der Waals surface area contributed by atoms with Crippen molar-refractivity contribution in [3.05, 3.63) is 0 Å². The maximum Gasteiger partial charge on any atom is 0.314 e. The van der Waals surface area contributed by atoms with Crippen molar-refractivity contribution in [3.8, 4) is 0 Å². The number of carbonyl (C=O) groups is 1. The summed E-state index contributed by atoms with van der Waals surface area (Å²) in [5.41, 5.74) is 5.10. The second-order valence-corrected chi connectivity index (χ2v) is 3.01. The van der Waals surface area contributed by atoms with Gasteiger partial charge in [-0.1, -0.05) is 20.8 Å². The predicted octanol–water partition coefficient (Wildman–Crippen LogP) is 1.82. The predicted molar refractivity (Wildman–Crippen MR) is 50.9 cm³/mol. The van der Waals surface area contributed by atoms with E-state index in [9.17, 15) is 4.79 Å². The zero-order valence-corrected chi connectivity index (χ0v) is 8.34. The molecule has 0 aromatic heterocycles. The molecule has 3 heteroatoms. The Hall–Kier alpha value is -0.730. The first-order valence-corrected chi connectivity index (χ1v) is 4.74. The highest BCUT2D eigenvalue weighted by Gasteiger charge is 2.17. The first kappa shape index (κ1) is 11.3. The van der Waals surface area contributed by atoms with Crippen LogP contribution in [0.25, 0.3) is 0 Å². The van der Waals surface area contributed by atoms with Crippen molar-refractivity contribution in [1.82, 2.24) is 4.90 Å². The molecule has 1 saturated heterocycles. The van der Waals surface area contributed by atoms with Crippen LogP contribution < -0.4 is 5.73 Å². The van der Waals surface area contributed by atoms with Crippen LogP contribution in [0, 0.1) is 5.92 Å². The number of likely N-dealkylation sites (tertiary alicyclic amines) is 1. The molecular weight excluding hydrogens is 152 g/mol. The lowest BCUT2D eigenvalue weighted by atomic mass is 10.00. The van der Waals surface area contributed by atoms with E-state index in [-0.39, 0.29) is 6.03 Å². The molecule has 0 aromatic rings. The second-order valence-electron chi connectivity index (χ2n) is 3.01. The van der Waals surface area contributed by atoms with Gasteiger partial charge in [0.25, 0.3) is 0 Å². The maximum absolute atomic E-state index is 10.6. The molecular formula is C9H20N2O. The molecule has 0 atom stereocenters. The largest absolute Gasteiger partial charge is 0.351 e. The van der Waals surface area contributed by atoms with E-state index in [1.54, 1.807) is 4.90 Å². The summed E-state index contributed by atoms with van der Waals surface area (Å²) in [5.74, 6) is 0.760. The third kappa shape index (κ3) is 3.60. The number of carbonyl (C=O) groups excluding carboxylic acids is 1. The highest BCUT2D eigenvalue weighted by molar-refractivity contribution is 5.72. The van der Waals surface area contributed by atoms with Crippen LogP contribution in [0.3, 0.4) is 0 Å². The van der Waals surface area contributed by atoms with Crippen LogP contribution in [0.4, 0.5) is 4.79 Å². The Kier molecular flexibility index (Phi) is 5.51. The topological polar surface area (TPSA) is 46.3 Å². The van der Waals surface area contributed by atoms with Crippen LogP contribution in [0.1, 0.15) is 33.6 Å². The summed E-state index contributed by atoms with van der Waals surface area (Å²) in [6.07, 6.45) is 2.20. The summed E-state index contributed by atoms with van der Waals surface area (Å²) >= 11 is 0. The van der Waals surface area contributed by atoms with Gasteiger partial charge in [-0.25, -0.2) is 4.79 Å². The number of amides is 2. The molecule has 0 aromatic carbocycles.